The van der Waals surface area contributed by atoms with E-state index in [0.717, 1.165) is 31.0 Å². The summed E-state index contributed by atoms with van der Waals surface area (Å²) in [5.41, 5.74) is 2.12. The lowest BCUT2D eigenvalue weighted by Crippen LogP contribution is -2.10. The lowest BCUT2D eigenvalue weighted by Gasteiger charge is -2.03. The van der Waals surface area contributed by atoms with Crippen LogP contribution in [0.1, 0.15) is 11.4 Å². The van der Waals surface area contributed by atoms with Crippen molar-refractivity contribution in [3.05, 3.63) is 29.8 Å². The molecular formula is C10H16N6. The Morgan fingerprint density at radius 2 is 2.25 bits per heavy atom. The van der Waals surface area contributed by atoms with Crippen molar-refractivity contribution in [3.8, 4) is 0 Å². The first-order valence-electron chi connectivity index (χ1n) is 5.31. The molecule has 0 aliphatic heterocycles. The first kappa shape index (κ1) is 10.8. The van der Waals surface area contributed by atoms with E-state index in [-0.39, 0.29) is 0 Å². The SMILES string of the molecule is CNCc1cn(CCn2nccc2C)nn1. The molecule has 0 aromatic carbocycles. The van der Waals surface area contributed by atoms with Gasteiger partial charge in [-0.05, 0) is 20.0 Å². The third-order valence-corrected chi connectivity index (χ3v) is 2.41. The molecular weight excluding hydrogens is 204 g/mol. The number of aryl methyl sites for hydroxylation is 3. The van der Waals surface area contributed by atoms with Crippen LogP contribution in [0.25, 0.3) is 0 Å². The Kier molecular flexibility index (Phi) is 3.31. The van der Waals surface area contributed by atoms with Crippen molar-refractivity contribution in [2.75, 3.05) is 7.05 Å². The summed E-state index contributed by atoms with van der Waals surface area (Å²) in [5.74, 6) is 0. The van der Waals surface area contributed by atoms with E-state index in [2.05, 4.69) is 20.7 Å². The highest BCUT2D eigenvalue weighted by atomic mass is 15.4. The van der Waals surface area contributed by atoms with Crippen LogP contribution in [-0.4, -0.2) is 31.8 Å². The van der Waals surface area contributed by atoms with E-state index >= 15 is 0 Å². The molecule has 2 heterocycles. The molecule has 6 nitrogen and oxygen atoms in total. The summed E-state index contributed by atoms with van der Waals surface area (Å²) in [4.78, 5) is 0. The summed E-state index contributed by atoms with van der Waals surface area (Å²) in [5, 5.41) is 15.4. The van der Waals surface area contributed by atoms with Gasteiger partial charge < -0.3 is 5.32 Å². The van der Waals surface area contributed by atoms with Gasteiger partial charge in [-0.1, -0.05) is 5.21 Å². The molecule has 0 saturated carbocycles. The Balaban J connectivity index is 1.92. The van der Waals surface area contributed by atoms with E-state index in [0.29, 0.717) is 0 Å². The molecule has 0 unspecified atom stereocenters. The molecule has 0 fully saturated rings. The summed E-state index contributed by atoms with van der Waals surface area (Å²) >= 11 is 0. The van der Waals surface area contributed by atoms with Gasteiger partial charge in [-0.3, -0.25) is 9.36 Å². The zero-order valence-electron chi connectivity index (χ0n) is 9.59. The van der Waals surface area contributed by atoms with Gasteiger partial charge in [0.2, 0.25) is 0 Å². The van der Waals surface area contributed by atoms with Crippen LogP contribution < -0.4 is 5.32 Å². The molecule has 2 aromatic rings. The van der Waals surface area contributed by atoms with Gasteiger partial charge in [-0.25, -0.2) is 0 Å². The number of nitrogens with one attached hydrogen (secondary N) is 1. The molecule has 6 heteroatoms. The summed E-state index contributed by atoms with van der Waals surface area (Å²) in [7, 11) is 1.89. The molecule has 0 atom stereocenters. The van der Waals surface area contributed by atoms with Crippen LogP contribution in [-0.2, 0) is 19.6 Å². The van der Waals surface area contributed by atoms with E-state index in [4.69, 9.17) is 0 Å². The molecule has 16 heavy (non-hydrogen) atoms. The Morgan fingerprint density at radius 1 is 1.38 bits per heavy atom. The number of hydrogen-bond donors (Lipinski definition) is 1. The smallest absolute Gasteiger partial charge is 0.0964 e. The second-order valence-corrected chi connectivity index (χ2v) is 3.70. The Morgan fingerprint density at radius 3 is 2.94 bits per heavy atom. The summed E-state index contributed by atoms with van der Waals surface area (Å²) in [6.07, 6.45) is 3.76. The van der Waals surface area contributed by atoms with Crippen LogP contribution in [0, 0.1) is 6.92 Å². The van der Waals surface area contributed by atoms with Crippen molar-refractivity contribution in [3.63, 3.8) is 0 Å². The number of rotatable bonds is 5. The molecule has 0 aliphatic carbocycles. The molecule has 0 bridgehead atoms. The zero-order chi connectivity index (χ0) is 11.4. The standard InChI is InChI=1S/C10H16N6/c1-9-3-4-12-16(9)6-5-15-8-10(7-11-2)13-14-15/h3-4,8,11H,5-7H2,1-2H3. The fraction of sp³-hybridized carbons (Fsp3) is 0.500. The largest absolute Gasteiger partial charge is 0.314 e. The highest BCUT2D eigenvalue weighted by Crippen LogP contribution is 1.98. The molecule has 2 rings (SSSR count). The van der Waals surface area contributed by atoms with Gasteiger partial charge in [0, 0.05) is 24.6 Å². The first-order valence-corrected chi connectivity index (χ1v) is 5.31. The fourth-order valence-electron chi connectivity index (χ4n) is 1.54. The predicted molar refractivity (Wildman–Crippen MR) is 59.7 cm³/mol. The topological polar surface area (TPSA) is 60.6 Å². The quantitative estimate of drug-likeness (QED) is 0.782. The van der Waals surface area contributed by atoms with E-state index in [1.165, 1.54) is 0 Å². The Bertz CT molecular complexity index is 444. The Labute approximate surface area is 94.3 Å². The average molecular weight is 220 g/mol. The second-order valence-electron chi connectivity index (χ2n) is 3.70. The van der Waals surface area contributed by atoms with Gasteiger partial charge in [-0.15, -0.1) is 5.10 Å². The first-order chi connectivity index (χ1) is 7.79. The number of nitrogens with zero attached hydrogens (tertiary/aromatic N) is 5. The van der Waals surface area contributed by atoms with Crippen LogP contribution >= 0.6 is 0 Å². The zero-order valence-corrected chi connectivity index (χ0v) is 9.59. The van der Waals surface area contributed by atoms with Crippen LogP contribution in [0.5, 0.6) is 0 Å². The molecule has 0 aliphatic rings. The fourth-order valence-corrected chi connectivity index (χ4v) is 1.54. The third kappa shape index (κ3) is 2.46. The molecule has 0 amide bonds. The van der Waals surface area contributed by atoms with Crippen LogP contribution in [0.2, 0.25) is 0 Å². The maximum Gasteiger partial charge on any atom is 0.0964 e. The lowest BCUT2D eigenvalue weighted by atomic mass is 10.4. The van der Waals surface area contributed by atoms with E-state index in [1.54, 1.807) is 0 Å². The van der Waals surface area contributed by atoms with E-state index < -0.39 is 0 Å². The molecule has 0 radical (unpaired) electrons. The van der Waals surface area contributed by atoms with Crippen molar-refractivity contribution in [2.24, 2.45) is 0 Å². The molecule has 0 saturated heterocycles. The molecule has 2 aromatic heterocycles. The highest BCUT2D eigenvalue weighted by Gasteiger charge is 2.01. The Hall–Kier alpha value is -1.69. The van der Waals surface area contributed by atoms with E-state index in [9.17, 15) is 0 Å². The normalized spacial score (nSPS) is 10.9. The predicted octanol–water partition coefficient (Wildman–Crippen LogP) is 0.203. The van der Waals surface area contributed by atoms with Gasteiger partial charge in [0.25, 0.3) is 0 Å². The van der Waals surface area contributed by atoms with Crippen molar-refractivity contribution >= 4 is 0 Å². The summed E-state index contributed by atoms with van der Waals surface area (Å²) < 4.78 is 3.80. The van der Waals surface area contributed by atoms with Crippen molar-refractivity contribution in [2.45, 2.75) is 26.6 Å². The minimum atomic E-state index is 0.751. The molecule has 86 valence electrons. The van der Waals surface area contributed by atoms with Crippen molar-refractivity contribution in [1.29, 1.82) is 0 Å². The third-order valence-electron chi connectivity index (χ3n) is 2.41. The van der Waals surface area contributed by atoms with E-state index in [1.807, 2.05) is 41.8 Å². The maximum atomic E-state index is 4.22. The minimum absolute atomic E-state index is 0.751. The minimum Gasteiger partial charge on any atom is -0.314 e. The highest BCUT2D eigenvalue weighted by molar-refractivity contribution is 4.96. The van der Waals surface area contributed by atoms with Crippen molar-refractivity contribution in [1.82, 2.24) is 30.1 Å². The summed E-state index contributed by atoms with van der Waals surface area (Å²) in [6, 6.07) is 1.99. The number of aromatic nitrogens is 5. The van der Waals surface area contributed by atoms with Crippen LogP contribution in [0.15, 0.2) is 18.5 Å². The van der Waals surface area contributed by atoms with Crippen molar-refractivity contribution < 1.29 is 0 Å². The van der Waals surface area contributed by atoms with Gasteiger partial charge in [0.1, 0.15) is 0 Å². The maximum absolute atomic E-state index is 4.22. The second kappa shape index (κ2) is 4.89. The van der Waals surface area contributed by atoms with Gasteiger partial charge in [0.15, 0.2) is 0 Å². The molecule has 0 spiro atoms. The molecule has 1 N–H and O–H groups in total. The monoisotopic (exact) mass is 220 g/mol. The van der Waals surface area contributed by atoms with Gasteiger partial charge in [-0.2, -0.15) is 5.10 Å². The van der Waals surface area contributed by atoms with Gasteiger partial charge in [0.05, 0.1) is 18.8 Å². The summed E-state index contributed by atoms with van der Waals surface area (Å²) in [6.45, 7) is 4.40. The van der Waals surface area contributed by atoms with Crippen LogP contribution in [0.3, 0.4) is 0 Å². The lowest BCUT2D eigenvalue weighted by molar-refractivity contribution is 0.483. The average Bonchev–Trinajstić information content (AvgIpc) is 2.86. The van der Waals surface area contributed by atoms with Crippen LogP contribution in [0.4, 0.5) is 0 Å². The van der Waals surface area contributed by atoms with Gasteiger partial charge >= 0.3 is 0 Å². The number of hydrogen-bond acceptors (Lipinski definition) is 4.